The molecule has 2 aliphatic rings. The third-order valence-corrected chi connectivity index (χ3v) is 8.99. The van der Waals surface area contributed by atoms with Crippen molar-refractivity contribution >= 4 is 21.5 Å². The van der Waals surface area contributed by atoms with Gasteiger partial charge in [-0.2, -0.15) is 5.10 Å². The first-order valence-corrected chi connectivity index (χ1v) is 14.2. The third-order valence-electron chi connectivity index (χ3n) is 7.38. The van der Waals surface area contributed by atoms with Gasteiger partial charge < -0.3 is 14.7 Å². The minimum Gasteiger partial charge on any atom is -0.497 e. The topological polar surface area (TPSA) is 102 Å². The van der Waals surface area contributed by atoms with E-state index in [4.69, 9.17) is 9.84 Å². The van der Waals surface area contributed by atoms with Crippen molar-refractivity contribution in [3.8, 4) is 22.6 Å². The summed E-state index contributed by atoms with van der Waals surface area (Å²) in [6.07, 6.45) is 5.32. The molecule has 1 aliphatic carbocycles. The first-order valence-electron chi connectivity index (χ1n) is 12.4. The molecule has 1 N–H and O–H groups in total. The molecule has 0 unspecified atom stereocenters. The van der Waals surface area contributed by atoms with Gasteiger partial charge in [0.25, 0.3) is 0 Å². The maximum absolute atomic E-state index is 12.1. The summed E-state index contributed by atoms with van der Waals surface area (Å²) in [6.45, 7) is 0.978. The fourth-order valence-electron chi connectivity index (χ4n) is 5.34. The highest BCUT2D eigenvalue weighted by Crippen LogP contribution is 2.42. The molecule has 2 fully saturated rings. The lowest BCUT2D eigenvalue weighted by Crippen LogP contribution is -2.40. The average Bonchev–Trinajstić information content (AvgIpc) is 3.34. The Kier molecular flexibility index (Phi) is 6.75. The first kappa shape index (κ1) is 24.4. The summed E-state index contributed by atoms with van der Waals surface area (Å²) < 4.78 is 30.8. The van der Waals surface area contributed by atoms with E-state index < -0.39 is 21.7 Å². The van der Waals surface area contributed by atoms with Gasteiger partial charge in [-0.05, 0) is 42.7 Å². The number of carbonyl (C=O) groups is 1. The van der Waals surface area contributed by atoms with Crippen LogP contribution in [0.25, 0.3) is 16.8 Å². The summed E-state index contributed by atoms with van der Waals surface area (Å²) in [5.74, 6) is -0.322. The van der Waals surface area contributed by atoms with E-state index in [2.05, 4.69) is 4.90 Å². The Labute approximate surface area is 211 Å². The Hall–Kier alpha value is -3.33. The SMILES string of the molecule is COc1cccc(-n2cc(-c3ccc(N4CCS(=O)(=O)CC4)cc3)c([C@@H]3CCCC[C@H]3C(=O)O)n2)c1. The highest BCUT2D eigenvalue weighted by Gasteiger charge is 2.35. The molecule has 1 aromatic heterocycles. The molecule has 2 aromatic carbocycles. The molecule has 1 saturated carbocycles. The lowest BCUT2D eigenvalue weighted by Gasteiger charge is -2.29. The number of ether oxygens (including phenoxy) is 1. The molecule has 190 valence electrons. The number of aromatic nitrogens is 2. The highest BCUT2D eigenvalue weighted by atomic mass is 32.2. The first-order chi connectivity index (χ1) is 17.3. The number of hydrogen-bond donors (Lipinski definition) is 1. The number of sulfone groups is 1. The second kappa shape index (κ2) is 9.97. The van der Waals surface area contributed by atoms with Gasteiger partial charge in [0.2, 0.25) is 0 Å². The van der Waals surface area contributed by atoms with E-state index in [0.29, 0.717) is 19.5 Å². The van der Waals surface area contributed by atoms with Gasteiger partial charge in [0.15, 0.2) is 9.84 Å². The van der Waals surface area contributed by atoms with Crippen LogP contribution in [-0.4, -0.2) is 61.0 Å². The van der Waals surface area contributed by atoms with Gasteiger partial charge in [0.1, 0.15) is 5.75 Å². The number of methoxy groups -OCH3 is 1. The summed E-state index contributed by atoms with van der Waals surface area (Å²) in [6, 6.07) is 15.7. The van der Waals surface area contributed by atoms with Crippen molar-refractivity contribution in [3.05, 3.63) is 60.4 Å². The molecule has 36 heavy (non-hydrogen) atoms. The molecule has 0 bridgehead atoms. The number of carboxylic acids is 1. The van der Waals surface area contributed by atoms with E-state index in [1.54, 1.807) is 7.11 Å². The standard InChI is InChI=1S/C27H31N3O5S/c1-35-22-6-4-5-21(17-22)30-18-25(26(28-30)23-7-2-3-8-24(23)27(31)32)19-9-11-20(12-10-19)29-13-15-36(33,34)16-14-29/h4-6,9-12,17-18,23-24H,2-3,7-8,13-16H2,1H3,(H,31,32)/t23-,24-/m1/s1. The highest BCUT2D eigenvalue weighted by molar-refractivity contribution is 7.91. The van der Waals surface area contributed by atoms with Crippen molar-refractivity contribution in [2.45, 2.75) is 31.6 Å². The van der Waals surface area contributed by atoms with Gasteiger partial charge in [-0.1, -0.05) is 31.0 Å². The van der Waals surface area contributed by atoms with E-state index in [9.17, 15) is 18.3 Å². The van der Waals surface area contributed by atoms with Crippen molar-refractivity contribution in [2.75, 3.05) is 36.6 Å². The fourth-order valence-corrected chi connectivity index (χ4v) is 6.55. The maximum Gasteiger partial charge on any atom is 0.307 e. The Morgan fingerprint density at radius 3 is 2.44 bits per heavy atom. The second-order valence-electron chi connectivity index (χ2n) is 9.60. The van der Waals surface area contributed by atoms with Crippen LogP contribution in [0.1, 0.15) is 37.3 Å². The maximum atomic E-state index is 12.1. The molecular weight excluding hydrogens is 478 g/mol. The zero-order chi connectivity index (χ0) is 25.3. The van der Waals surface area contributed by atoms with Crippen molar-refractivity contribution < 1.29 is 23.1 Å². The molecule has 0 spiro atoms. The summed E-state index contributed by atoms with van der Waals surface area (Å²) in [5, 5.41) is 14.9. The summed E-state index contributed by atoms with van der Waals surface area (Å²) >= 11 is 0. The fraction of sp³-hybridized carbons (Fsp3) is 0.407. The molecule has 1 saturated heterocycles. The Morgan fingerprint density at radius 1 is 1.03 bits per heavy atom. The van der Waals surface area contributed by atoms with E-state index >= 15 is 0 Å². The summed E-state index contributed by atoms with van der Waals surface area (Å²) in [5.41, 5.74) is 4.51. The third kappa shape index (κ3) is 4.97. The monoisotopic (exact) mass is 509 g/mol. The molecule has 5 rings (SSSR count). The number of hydrogen-bond acceptors (Lipinski definition) is 6. The number of anilines is 1. The van der Waals surface area contributed by atoms with Crippen LogP contribution in [0.3, 0.4) is 0 Å². The molecule has 0 amide bonds. The molecule has 1 aliphatic heterocycles. The van der Waals surface area contributed by atoms with Gasteiger partial charge in [-0.3, -0.25) is 4.79 Å². The zero-order valence-electron chi connectivity index (χ0n) is 20.3. The molecule has 2 heterocycles. The van der Waals surface area contributed by atoms with Crippen molar-refractivity contribution in [3.63, 3.8) is 0 Å². The summed E-state index contributed by atoms with van der Waals surface area (Å²) in [4.78, 5) is 14.2. The van der Waals surface area contributed by atoms with Crippen LogP contribution in [0.5, 0.6) is 5.75 Å². The predicted octanol–water partition coefficient (Wildman–Crippen LogP) is 4.14. The molecule has 0 radical (unpaired) electrons. The van der Waals surface area contributed by atoms with E-state index in [1.165, 1.54) is 0 Å². The van der Waals surface area contributed by atoms with E-state index in [0.717, 1.165) is 53.2 Å². The summed E-state index contributed by atoms with van der Waals surface area (Å²) in [7, 11) is -1.32. The zero-order valence-corrected chi connectivity index (χ0v) is 21.2. The lowest BCUT2D eigenvalue weighted by molar-refractivity contribution is -0.143. The number of carboxylic acid groups (broad SMARTS) is 1. The predicted molar refractivity (Wildman–Crippen MR) is 139 cm³/mol. The second-order valence-corrected chi connectivity index (χ2v) is 11.9. The molecule has 8 nitrogen and oxygen atoms in total. The van der Waals surface area contributed by atoms with Gasteiger partial charge in [0.05, 0.1) is 35.9 Å². The van der Waals surface area contributed by atoms with Crippen molar-refractivity contribution in [1.82, 2.24) is 9.78 Å². The Balaban J connectivity index is 1.52. The Morgan fingerprint density at radius 2 is 1.75 bits per heavy atom. The van der Waals surface area contributed by atoms with Gasteiger partial charge in [-0.15, -0.1) is 0 Å². The van der Waals surface area contributed by atoms with Crippen LogP contribution in [0, 0.1) is 5.92 Å². The minimum absolute atomic E-state index is 0.162. The van der Waals surface area contributed by atoms with E-state index in [-0.39, 0.29) is 17.4 Å². The number of benzene rings is 2. The number of nitrogens with zero attached hydrogens (tertiary/aromatic N) is 3. The smallest absolute Gasteiger partial charge is 0.307 e. The van der Waals surface area contributed by atoms with Gasteiger partial charge in [0, 0.05) is 42.5 Å². The van der Waals surface area contributed by atoms with Crippen molar-refractivity contribution in [2.24, 2.45) is 5.92 Å². The van der Waals surface area contributed by atoms with Crippen LogP contribution in [-0.2, 0) is 14.6 Å². The largest absolute Gasteiger partial charge is 0.497 e. The molecule has 9 heteroatoms. The molecular formula is C27H31N3O5S. The van der Waals surface area contributed by atoms with Crippen LogP contribution in [0.4, 0.5) is 5.69 Å². The minimum atomic E-state index is -2.94. The Bertz CT molecular complexity index is 1340. The van der Waals surface area contributed by atoms with Crippen LogP contribution < -0.4 is 9.64 Å². The van der Waals surface area contributed by atoms with E-state index in [1.807, 2.05) is 59.4 Å². The van der Waals surface area contributed by atoms with Crippen LogP contribution in [0.2, 0.25) is 0 Å². The number of aliphatic carboxylic acids is 1. The quantitative estimate of drug-likeness (QED) is 0.533. The molecule has 3 aromatic rings. The van der Waals surface area contributed by atoms with Crippen LogP contribution in [0.15, 0.2) is 54.7 Å². The normalized spacial score (nSPS) is 21.8. The molecule has 2 atom stereocenters. The number of rotatable bonds is 6. The average molecular weight is 510 g/mol. The van der Waals surface area contributed by atoms with Crippen molar-refractivity contribution in [1.29, 1.82) is 0 Å². The van der Waals surface area contributed by atoms with Gasteiger partial charge >= 0.3 is 5.97 Å². The van der Waals surface area contributed by atoms with Crippen LogP contribution >= 0.6 is 0 Å². The lowest BCUT2D eigenvalue weighted by atomic mass is 9.76. The van der Waals surface area contributed by atoms with Gasteiger partial charge in [-0.25, -0.2) is 13.1 Å².